The number of rotatable bonds is 7. The van der Waals surface area contributed by atoms with Gasteiger partial charge in [-0.3, -0.25) is 4.79 Å². The molecule has 2 heterocycles. The van der Waals surface area contributed by atoms with Crippen LogP contribution in [0.15, 0.2) is 59.8 Å². The number of esters is 1. The van der Waals surface area contributed by atoms with Crippen LogP contribution in [0.3, 0.4) is 0 Å². The summed E-state index contributed by atoms with van der Waals surface area (Å²) in [5.41, 5.74) is 4.04. The van der Waals surface area contributed by atoms with Crippen LogP contribution in [0.2, 0.25) is 5.02 Å². The van der Waals surface area contributed by atoms with Crippen LogP contribution >= 0.6 is 23.4 Å². The van der Waals surface area contributed by atoms with Crippen molar-refractivity contribution in [2.45, 2.75) is 24.8 Å². The van der Waals surface area contributed by atoms with Gasteiger partial charge in [0.2, 0.25) is 0 Å². The number of amides is 1. The summed E-state index contributed by atoms with van der Waals surface area (Å²) in [5, 5.41) is 12.4. The van der Waals surface area contributed by atoms with Crippen LogP contribution in [-0.2, 0) is 10.5 Å². The van der Waals surface area contributed by atoms with E-state index in [1.807, 2.05) is 19.9 Å². The molecule has 4 aromatic rings. The Kier molecular flexibility index (Phi) is 7.42. The van der Waals surface area contributed by atoms with Crippen LogP contribution < -0.4 is 5.32 Å². The molecule has 35 heavy (non-hydrogen) atoms. The third-order valence-electron chi connectivity index (χ3n) is 4.91. The molecule has 2 aromatic heterocycles. The summed E-state index contributed by atoms with van der Waals surface area (Å²) in [5.74, 6) is -0.544. The fraction of sp³-hybridized carbons (Fsp3) is 0.167. The Labute approximate surface area is 210 Å². The topological polar surface area (TPSA) is 112 Å². The highest BCUT2D eigenvalue weighted by Gasteiger charge is 2.22. The van der Waals surface area contributed by atoms with E-state index < -0.39 is 11.9 Å². The molecule has 9 nitrogen and oxygen atoms in total. The summed E-state index contributed by atoms with van der Waals surface area (Å²) >= 11 is 7.42. The molecule has 0 spiro atoms. The van der Waals surface area contributed by atoms with Gasteiger partial charge in [-0.2, -0.15) is 0 Å². The molecule has 0 aliphatic carbocycles. The number of carbonyl (C=O) groups excluding carboxylic acids is 2. The molecule has 0 bridgehead atoms. The third kappa shape index (κ3) is 5.84. The van der Waals surface area contributed by atoms with E-state index in [2.05, 4.69) is 25.6 Å². The number of halogens is 1. The lowest BCUT2D eigenvalue weighted by molar-refractivity contribution is 0.0600. The smallest absolute Gasteiger partial charge is 0.337 e. The first-order valence-corrected chi connectivity index (χ1v) is 11.9. The molecular weight excluding hydrogens is 488 g/mol. The zero-order valence-electron chi connectivity index (χ0n) is 19.2. The fourth-order valence-corrected chi connectivity index (χ4v) is 4.35. The Morgan fingerprint density at radius 3 is 2.31 bits per heavy atom. The minimum atomic E-state index is -0.457. The van der Waals surface area contributed by atoms with Gasteiger partial charge in [0, 0.05) is 27.9 Å². The maximum Gasteiger partial charge on any atom is 0.337 e. The van der Waals surface area contributed by atoms with Crippen LogP contribution in [0.4, 0.5) is 5.69 Å². The summed E-state index contributed by atoms with van der Waals surface area (Å²) in [6.07, 6.45) is 0. The molecule has 178 valence electrons. The fourth-order valence-electron chi connectivity index (χ4n) is 3.29. The SMILES string of the molecule is COC(=O)c1ccc(NC(=O)c2nnn(-c3ccc(Cl)cc3)c2CSc2nc(C)cc(C)n2)cc1. The molecule has 11 heteroatoms. The molecule has 1 amide bonds. The Morgan fingerprint density at radius 1 is 1.03 bits per heavy atom. The normalized spacial score (nSPS) is 10.7. The highest BCUT2D eigenvalue weighted by molar-refractivity contribution is 7.98. The van der Waals surface area contributed by atoms with Crippen molar-refractivity contribution >= 4 is 40.9 Å². The van der Waals surface area contributed by atoms with Gasteiger partial charge in [-0.1, -0.05) is 28.6 Å². The van der Waals surface area contributed by atoms with Gasteiger partial charge in [-0.15, -0.1) is 5.10 Å². The number of nitrogens with one attached hydrogen (secondary N) is 1. The van der Waals surface area contributed by atoms with Crippen molar-refractivity contribution in [3.05, 3.63) is 88.0 Å². The number of aromatic nitrogens is 5. The summed E-state index contributed by atoms with van der Waals surface area (Å²) in [6, 6.07) is 15.3. The van der Waals surface area contributed by atoms with Crippen LogP contribution in [0, 0.1) is 13.8 Å². The number of carbonyl (C=O) groups is 2. The lowest BCUT2D eigenvalue weighted by Gasteiger charge is -2.09. The second kappa shape index (κ2) is 10.7. The van der Waals surface area contributed by atoms with Gasteiger partial charge < -0.3 is 10.1 Å². The van der Waals surface area contributed by atoms with Crippen molar-refractivity contribution in [2.75, 3.05) is 12.4 Å². The van der Waals surface area contributed by atoms with Crippen molar-refractivity contribution in [1.82, 2.24) is 25.0 Å². The van der Waals surface area contributed by atoms with Gasteiger partial charge >= 0.3 is 5.97 Å². The second-order valence-electron chi connectivity index (χ2n) is 7.52. The van der Waals surface area contributed by atoms with E-state index >= 15 is 0 Å². The van der Waals surface area contributed by atoms with E-state index in [4.69, 9.17) is 16.3 Å². The molecule has 0 saturated carbocycles. The summed E-state index contributed by atoms with van der Waals surface area (Å²) in [4.78, 5) is 33.7. The van der Waals surface area contributed by atoms with Crippen molar-refractivity contribution in [3.8, 4) is 5.69 Å². The number of anilines is 1. The number of aryl methyl sites for hydroxylation is 2. The zero-order chi connectivity index (χ0) is 24.9. The minimum absolute atomic E-state index is 0.161. The number of benzene rings is 2. The molecule has 0 radical (unpaired) electrons. The largest absolute Gasteiger partial charge is 0.465 e. The molecule has 1 N–H and O–H groups in total. The predicted molar refractivity (Wildman–Crippen MR) is 133 cm³/mol. The monoisotopic (exact) mass is 508 g/mol. The molecule has 4 rings (SSSR count). The molecule has 0 saturated heterocycles. The minimum Gasteiger partial charge on any atom is -0.465 e. The first-order valence-electron chi connectivity index (χ1n) is 10.5. The van der Waals surface area contributed by atoms with Crippen LogP contribution in [0.25, 0.3) is 5.69 Å². The predicted octanol–water partition coefficient (Wildman–Crippen LogP) is 4.66. The summed E-state index contributed by atoms with van der Waals surface area (Å²) < 4.78 is 6.30. The van der Waals surface area contributed by atoms with Crippen LogP contribution in [0.5, 0.6) is 0 Å². The first kappa shape index (κ1) is 24.4. The molecular formula is C24H21ClN6O3S. The Balaban J connectivity index is 1.63. The Morgan fingerprint density at radius 2 is 1.69 bits per heavy atom. The lowest BCUT2D eigenvalue weighted by atomic mass is 10.2. The molecule has 0 atom stereocenters. The molecule has 0 aliphatic heterocycles. The van der Waals surface area contributed by atoms with Gasteiger partial charge in [0.05, 0.1) is 24.1 Å². The van der Waals surface area contributed by atoms with E-state index in [1.165, 1.54) is 18.9 Å². The van der Waals surface area contributed by atoms with E-state index in [1.54, 1.807) is 53.2 Å². The molecule has 0 aliphatic rings. The highest BCUT2D eigenvalue weighted by atomic mass is 35.5. The van der Waals surface area contributed by atoms with Crippen LogP contribution in [0.1, 0.15) is 37.9 Å². The van der Waals surface area contributed by atoms with Crippen molar-refractivity contribution in [3.63, 3.8) is 0 Å². The van der Waals surface area contributed by atoms with Crippen molar-refractivity contribution in [2.24, 2.45) is 0 Å². The van der Waals surface area contributed by atoms with E-state index in [9.17, 15) is 9.59 Å². The van der Waals surface area contributed by atoms with Crippen LogP contribution in [-0.4, -0.2) is 43.9 Å². The standard InChI is InChI=1S/C24H21ClN6O3S/c1-14-12-15(2)27-24(26-14)35-13-20-21(29-30-31(20)19-10-6-17(25)7-11-19)22(32)28-18-8-4-16(5-9-18)23(33)34-3/h4-12H,13H2,1-3H3,(H,28,32). The van der Waals surface area contributed by atoms with E-state index in [0.717, 1.165) is 11.4 Å². The number of nitrogens with zero attached hydrogens (tertiary/aromatic N) is 5. The molecule has 2 aromatic carbocycles. The van der Waals surface area contributed by atoms with Gasteiger partial charge in [0.1, 0.15) is 0 Å². The summed E-state index contributed by atoms with van der Waals surface area (Å²) in [7, 11) is 1.31. The molecule has 0 fully saturated rings. The zero-order valence-corrected chi connectivity index (χ0v) is 20.7. The number of thioether (sulfide) groups is 1. The number of ether oxygens (including phenoxy) is 1. The quantitative estimate of drug-likeness (QED) is 0.218. The summed E-state index contributed by atoms with van der Waals surface area (Å²) in [6.45, 7) is 3.81. The average Bonchev–Trinajstić information content (AvgIpc) is 3.26. The van der Waals surface area contributed by atoms with Crippen molar-refractivity contribution in [1.29, 1.82) is 0 Å². The van der Waals surface area contributed by atoms with Gasteiger partial charge in [-0.25, -0.2) is 19.4 Å². The Bertz CT molecular complexity index is 1350. The first-order chi connectivity index (χ1) is 16.8. The number of hydrogen-bond acceptors (Lipinski definition) is 8. The highest BCUT2D eigenvalue weighted by Crippen LogP contribution is 2.25. The molecule has 0 unspecified atom stereocenters. The van der Waals surface area contributed by atoms with Gasteiger partial charge in [0.15, 0.2) is 10.9 Å². The second-order valence-corrected chi connectivity index (χ2v) is 8.90. The Hall–Kier alpha value is -3.76. The maximum atomic E-state index is 13.1. The lowest BCUT2D eigenvalue weighted by Crippen LogP contribution is -2.15. The maximum absolute atomic E-state index is 13.1. The van der Waals surface area contributed by atoms with Gasteiger partial charge in [0.25, 0.3) is 5.91 Å². The van der Waals surface area contributed by atoms with E-state index in [-0.39, 0.29) is 5.69 Å². The third-order valence-corrected chi connectivity index (χ3v) is 6.02. The van der Waals surface area contributed by atoms with E-state index in [0.29, 0.717) is 38.6 Å². The number of methoxy groups -OCH3 is 1. The number of hydrogen-bond donors (Lipinski definition) is 1. The average molecular weight is 509 g/mol. The van der Waals surface area contributed by atoms with Crippen molar-refractivity contribution < 1.29 is 14.3 Å². The van der Waals surface area contributed by atoms with Gasteiger partial charge in [-0.05, 0) is 68.4 Å².